The van der Waals surface area contributed by atoms with Crippen LogP contribution in [-0.2, 0) is 0 Å². The molecular weight excluding hydrogens is 286 g/mol. The molecule has 0 spiro atoms. The van der Waals surface area contributed by atoms with Crippen LogP contribution in [-0.4, -0.2) is 10.1 Å². The first-order valence-electron chi connectivity index (χ1n) is 7.94. The molecule has 1 unspecified atom stereocenters. The van der Waals surface area contributed by atoms with E-state index in [2.05, 4.69) is 24.0 Å². The molecule has 0 aliphatic rings. The van der Waals surface area contributed by atoms with Gasteiger partial charge in [-0.05, 0) is 23.6 Å². The molecular formula is C19H21N3O. The molecule has 2 atom stereocenters. The average Bonchev–Trinajstić information content (AvgIpc) is 3.11. The highest BCUT2D eigenvalue weighted by Crippen LogP contribution is 2.26. The topological polar surface area (TPSA) is 64.9 Å². The summed E-state index contributed by atoms with van der Waals surface area (Å²) in [6.45, 7) is 4.33. The van der Waals surface area contributed by atoms with Gasteiger partial charge in [0.1, 0.15) is 0 Å². The summed E-state index contributed by atoms with van der Waals surface area (Å²) in [5.41, 5.74) is 9.25. The Morgan fingerprint density at radius 2 is 1.70 bits per heavy atom. The van der Waals surface area contributed by atoms with Crippen LogP contribution in [0.5, 0.6) is 0 Å². The van der Waals surface area contributed by atoms with Crippen LogP contribution >= 0.6 is 0 Å². The van der Waals surface area contributed by atoms with E-state index in [0.29, 0.717) is 17.6 Å². The van der Waals surface area contributed by atoms with Crippen molar-refractivity contribution in [3.63, 3.8) is 0 Å². The van der Waals surface area contributed by atoms with Crippen molar-refractivity contribution >= 4 is 0 Å². The largest absolute Gasteiger partial charge is 0.334 e. The highest BCUT2D eigenvalue weighted by Gasteiger charge is 2.14. The SMILES string of the molecule is CCC(C)[C@H](N)c1ccc(-c2noc(-c3ccccc3)n2)cc1. The predicted molar refractivity (Wildman–Crippen MR) is 91.6 cm³/mol. The molecule has 0 fully saturated rings. The van der Waals surface area contributed by atoms with E-state index in [4.69, 9.17) is 10.3 Å². The van der Waals surface area contributed by atoms with E-state index in [0.717, 1.165) is 23.1 Å². The van der Waals surface area contributed by atoms with Crippen molar-refractivity contribution in [3.05, 3.63) is 60.2 Å². The molecule has 3 rings (SSSR count). The summed E-state index contributed by atoms with van der Waals surface area (Å²) in [6, 6.07) is 17.9. The Morgan fingerprint density at radius 1 is 1.00 bits per heavy atom. The van der Waals surface area contributed by atoms with Crippen molar-refractivity contribution in [2.45, 2.75) is 26.3 Å². The van der Waals surface area contributed by atoms with E-state index >= 15 is 0 Å². The van der Waals surface area contributed by atoms with Gasteiger partial charge < -0.3 is 10.3 Å². The molecule has 3 aromatic rings. The zero-order chi connectivity index (χ0) is 16.2. The fraction of sp³-hybridized carbons (Fsp3) is 0.263. The first-order chi connectivity index (χ1) is 11.2. The van der Waals surface area contributed by atoms with Crippen molar-refractivity contribution in [2.75, 3.05) is 0 Å². The Balaban J connectivity index is 1.82. The molecule has 23 heavy (non-hydrogen) atoms. The molecule has 0 saturated carbocycles. The fourth-order valence-corrected chi connectivity index (χ4v) is 2.48. The summed E-state index contributed by atoms with van der Waals surface area (Å²) in [6.07, 6.45) is 1.06. The van der Waals surface area contributed by atoms with E-state index in [1.807, 2.05) is 54.6 Å². The van der Waals surface area contributed by atoms with Crippen molar-refractivity contribution in [1.82, 2.24) is 10.1 Å². The number of hydrogen-bond acceptors (Lipinski definition) is 4. The molecule has 0 radical (unpaired) electrons. The van der Waals surface area contributed by atoms with Gasteiger partial charge >= 0.3 is 0 Å². The van der Waals surface area contributed by atoms with Gasteiger partial charge in [0.05, 0.1) is 0 Å². The molecule has 0 bridgehead atoms. The van der Waals surface area contributed by atoms with Crippen molar-refractivity contribution in [1.29, 1.82) is 0 Å². The van der Waals surface area contributed by atoms with Gasteiger partial charge in [-0.15, -0.1) is 0 Å². The standard InChI is InChI=1S/C19H21N3O/c1-3-13(2)17(20)14-9-11-15(12-10-14)18-21-19(23-22-18)16-7-5-4-6-8-16/h4-13,17H,3,20H2,1-2H3/t13?,17-/m0/s1. The van der Waals surface area contributed by atoms with E-state index in [9.17, 15) is 0 Å². The third-order valence-corrected chi connectivity index (χ3v) is 4.26. The second-order valence-corrected chi connectivity index (χ2v) is 5.82. The van der Waals surface area contributed by atoms with E-state index < -0.39 is 0 Å². The second kappa shape index (κ2) is 6.75. The van der Waals surface area contributed by atoms with Crippen LogP contribution in [0.15, 0.2) is 59.1 Å². The highest BCUT2D eigenvalue weighted by molar-refractivity contribution is 5.59. The maximum absolute atomic E-state index is 6.27. The quantitative estimate of drug-likeness (QED) is 0.756. The molecule has 1 heterocycles. The molecule has 4 heteroatoms. The minimum absolute atomic E-state index is 0.0548. The Labute approximate surface area is 136 Å². The number of aromatic nitrogens is 2. The molecule has 4 nitrogen and oxygen atoms in total. The molecule has 0 saturated heterocycles. The summed E-state index contributed by atoms with van der Waals surface area (Å²) >= 11 is 0. The first kappa shape index (κ1) is 15.4. The van der Waals surface area contributed by atoms with Crippen LogP contribution in [0.3, 0.4) is 0 Å². The Morgan fingerprint density at radius 3 is 2.35 bits per heavy atom. The summed E-state index contributed by atoms with van der Waals surface area (Å²) in [5, 5.41) is 4.07. The minimum Gasteiger partial charge on any atom is -0.334 e. The van der Waals surface area contributed by atoms with Gasteiger partial charge in [0, 0.05) is 17.2 Å². The van der Waals surface area contributed by atoms with Crippen molar-refractivity contribution in [2.24, 2.45) is 11.7 Å². The Kier molecular flexibility index (Phi) is 4.53. The van der Waals surface area contributed by atoms with Crippen LogP contribution in [0.2, 0.25) is 0 Å². The summed E-state index contributed by atoms with van der Waals surface area (Å²) < 4.78 is 5.35. The molecule has 0 aliphatic heterocycles. The van der Waals surface area contributed by atoms with E-state index in [1.54, 1.807) is 0 Å². The van der Waals surface area contributed by atoms with Gasteiger partial charge in [0.15, 0.2) is 0 Å². The molecule has 118 valence electrons. The minimum atomic E-state index is 0.0548. The zero-order valence-electron chi connectivity index (χ0n) is 13.4. The van der Waals surface area contributed by atoms with E-state index in [1.165, 1.54) is 0 Å². The summed E-state index contributed by atoms with van der Waals surface area (Å²) in [7, 11) is 0. The van der Waals surface area contributed by atoms with Gasteiger partial charge in [-0.2, -0.15) is 4.98 Å². The maximum Gasteiger partial charge on any atom is 0.258 e. The lowest BCUT2D eigenvalue weighted by molar-refractivity contribution is 0.432. The second-order valence-electron chi connectivity index (χ2n) is 5.82. The molecule has 0 aliphatic carbocycles. The smallest absolute Gasteiger partial charge is 0.258 e. The first-order valence-corrected chi connectivity index (χ1v) is 7.94. The van der Waals surface area contributed by atoms with Crippen LogP contribution in [0.4, 0.5) is 0 Å². The molecule has 2 aromatic carbocycles. The highest BCUT2D eigenvalue weighted by atomic mass is 16.5. The number of rotatable bonds is 5. The van der Waals surface area contributed by atoms with Gasteiger partial charge in [0.25, 0.3) is 5.89 Å². The fourth-order valence-electron chi connectivity index (χ4n) is 2.48. The Bertz CT molecular complexity index is 750. The zero-order valence-corrected chi connectivity index (χ0v) is 13.4. The number of benzene rings is 2. The number of nitrogens with zero attached hydrogens (tertiary/aromatic N) is 2. The Hall–Kier alpha value is -2.46. The van der Waals surface area contributed by atoms with Crippen LogP contribution < -0.4 is 5.73 Å². The van der Waals surface area contributed by atoms with E-state index in [-0.39, 0.29) is 6.04 Å². The lowest BCUT2D eigenvalue weighted by atomic mass is 9.93. The summed E-state index contributed by atoms with van der Waals surface area (Å²) in [4.78, 5) is 4.47. The summed E-state index contributed by atoms with van der Waals surface area (Å²) in [5.74, 6) is 1.57. The molecule has 2 N–H and O–H groups in total. The van der Waals surface area contributed by atoms with Crippen molar-refractivity contribution in [3.8, 4) is 22.8 Å². The van der Waals surface area contributed by atoms with Gasteiger partial charge in [-0.3, -0.25) is 0 Å². The molecule has 0 amide bonds. The molecule has 1 aromatic heterocycles. The number of nitrogens with two attached hydrogens (primary N) is 1. The van der Waals surface area contributed by atoms with Crippen LogP contribution in [0.25, 0.3) is 22.8 Å². The van der Waals surface area contributed by atoms with Gasteiger partial charge in [-0.1, -0.05) is 67.9 Å². The lowest BCUT2D eigenvalue weighted by Crippen LogP contribution is -2.18. The van der Waals surface area contributed by atoms with Crippen LogP contribution in [0.1, 0.15) is 31.9 Å². The third-order valence-electron chi connectivity index (χ3n) is 4.26. The monoisotopic (exact) mass is 307 g/mol. The van der Waals surface area contributed by atoms with Gasteiger partial charge in [0.2, 0.25) is 5.82 Å². The predicted octanol–water partition coefficient (Wildman–Crippen LogP) is 4.45. The lowest BCUT2D eigenvalue weighted by Gasteiger charge is -2.18. The average molecular weight is 307 g/mol. The maximum atomic E-state index is 6.27. The third kappa shape index (κ3) is 3.32. The van der Waals surface area contributed by atoms with Gasteiger partial charge in [-0.25, -0.2) is 0 Å². The number of hydrogen-bond donors (Lipinski definition) is 1. The van der Waals surface area contributed by atoms with Crippen LogP contribution in [0, 0.1) is 5.92 Å². The van der Waals surface area contributed by atoms with Crippen molar-refractivity contribution < 1.29 is 4.52 Å². The normalized spacial score (nSPS) is 13.7.